The predicted molar refractivity (Wildman–Crippen MR) is 96.5 cm³/mol. The molecule has 5 heteroatoms. The van der Waals surface area contributed by atoms with E-state index in [0.29, 0.717) is 22.7 Å². The fourth-order valence-electron chi connectivity index (χ4n) is 4.42. The molecule has 0 aromatic heterocycles. The fraction of sp³-hybridized carbons (Fsp3) is 1.00. The van der Waals surface area contributed by atoms with Crippen molar-refractivity contribution in [3.8, 4) is 0 Å². The molecule has 4 fully saturated rings. The van der Waals surface area contributed by atoms with Crippen molar-refractivity contribution in [2.45, 2.75) is 86.9 Å². The Labute approximate surface area is 149 Å². The first-order valence-corrected chi connectivity index (χ1v) is 11.2. The minimum atomic E-state index is 0.453. The van der Waals surface area contributed by atoms with Crippen LogP contribution in [0, 0.1) is 11.8 Å². The highest BCUT2D eigenvalue weighted by Gasteiger charge is 2.42. The Hall–Kier alpha value is 0.580. The Bertz CT molecular complexity index is 327. The summed E-state index contributed by atoms with van der Waals surface area (Å²) in [4.78, 5) is 0. The lowest BCUT2D eigenvalue weighted by molar-refractivity contribution is 0.295. The predicted octanol–water partition coefficient (Wildman–Crippen LogP) is 4.99. The standard InChI is InChI=1S/C18H30O3S2/c1-3-7-13(8-4-1)17(15-11-19-15)22-21-23-18(16-12-20-16)14-9-5-2-6-10-14/h13-18H,1-12H2. The van der Waals surface area contributed by atoms with Gasteiger partial charge >= 0.3 is 0 Å². The van der Waals surface area contributed by atoms with Gasteiger partial charge in [-0.2, -0.15) is 0 Å². The molecule has 23 heavy (non-hydrogen) atoms. The third kappa shape index (κ3) is 4.81. The van der Waals surface area contributed by atoms with E-state index in [1.54, 1.807) is 24.1 Å². The molecule has 2 aliphatic heterocycles. The monoisotopic (exact) mass is 358 g/mol. The van der Waals surface area contributed by atoms with E-state index in [1.807, 2.05) is 0 Å². The summed E-state index contributed by atoms with van der Waals surface area (Å²) < 4.78 is 17.4. The maximum absolute atomic E-state index is 6.14. The lowest BCUT2D eigenvalue weighted by Gasteiger charge is -2.30. The molecule has 2 saturated heterocycles. The van der Waals surface area contributed by atoms with Crippen molar-refractivity contribution < 1.29 is 13.1 Å². The van der Waals surface area contributed by atoms with Gasteiger partial charge in [0.05, 0.1) is 35.9 Å². The van der Waals surface area contributed by atoms with E-state index in [2.05, 4.69) is 0 Å². The van der Waals surface area contributed by atoms with Gasteiger partial charge in [0.15, 0.2) is 0 Å². The highest BCUT2D eigenvalue weighted by atomic mass is 32.2. The van der Waals surface area contributed by atoms with Crippen molar-refractivity contribution in [1.29, 1.82) is 0 Å². The quantitative estimate of drug-likeness (QED) is 0.451. The van der Waals surface area contributed by atoms with E-state index in [4.69, 9.17) is 13.1 Å². The van der Waals surface area contributed by atoms with Crippen LogP contribution in [-0.4, -0.2) is 35.9 Å². The number of ether oxygens (including phenoxy) is 2. The van der Waals surface area contributed by atoms with Crippen molar-refractivity contribution >= 4 is 24.1 Å². The van der Waals surface area contributed by atoms with Crippen LogP contribution in [0.5, 0.6) is 0 Å². The second kappa shape index (κ2) is 8.31. The lowest BCUT2D eigenvalue weighted by atomic mass is 9.86. The van der Waals surface area contributed by atoms with Crippen LogP contribution in [0.25, 0.3) is 0 Å². The van der Waals surface area contributed by atoms with Gasteiger partial charge in [-0.05, 0) is 37.5 Å². The first-order chi connectivity index (χ1) is 11.4. The summed E-state index contributed by atoms with van der Waals surface area (Å²) in [6, 6.07) is 0. The number of rotatable bonds is 8. The minimum Gasteiger partial charge on any atom is -0.372 e. The zero-order valence-corrected chi connectivity index (χ0v) is 15.6. The molecular formula is C18H30O3S2. The lowest BCUT2D eigenvalue weighted by Crippen LogP contribution is -2.27. The Balaban J connectivity index is 1.26. The van der Waals surface area contributed by atoms with Crippen LogP contribution in [0.3, 0.4) is 0 Å². The summed E-state index contributed by atoms with van der Waals surface area (Å²) in [5.41, 5.74) is 0. The average molecular weight is 359 g/mol. The second-order valence-corrected chi connectivity index (χ2v) is 9.75. The summed E-state index contributed by atoms with van der Waals surface area (Å²) in [5.74, 6) is 1.60. The number of epoxide rings is 2. The summed E-state index contributed by atoms with van der Waals surface area (Å²) in [6.45, 7) is 1.89. The van der Waals surface area contributed by atoms with Crippen molar-refractivity contribution in [2.24, 2.45) is 11.8 Å². The van der Waals surface area contributed by atoms with Crippen LogP contribution in [0.15, 0.2) is 0 Å². The van der Waals surface area contributed by atoms with Gasteiger partial charge in [0.1, 0.15) is 0 Å². The van der Waals surface area contributed by atoms with Gasteiger partial charge in [-0.25, -0.2) is 3.63 Å². The molecule has 0 bridgehead atoms. The molecule has 0 aromatic rings. The highest BCUT2D eigenvalue weighted by molar-refractivity contribution is 8.08. The molecule has 0 N–H and O–H groups in total. The Kier molecular flexibility index (Phi) is 6.15. The molecular weight excluding hydrogens is 328 g/mol. The zero-order chi connectivity index (χ0) is 15.5. The van der Waals surface area contributed by atoms with Gasteiger partial charge in [-0.15, -0.1) is 0 Å². The van der Waals surface area contributed by atoms with Gasteiger partial charge in [0.25, 0.3) is 0 Å². The Morgan fingerprint density at radius 2 is 1.04 bits per heavy atom. The smallest absolute Gasteiger partial charge is 0.0953 e. The molecule has 0 amide bonds. The molecule has 4 aliphatic rings. The molecule has 2 saturated carbocycles. The van der Waals surface area contributed by atoms with Crippen LogP contribution in [0.2, 0.25) is 0 Å². The van der Waals surface area contributed by atoms with Gasteiger partial charge < -0.3 is 9.47 Å². The summed E-state index contributed by atoms with van der Waals surface area (Å²) in [7, 11) is 0. The topological polar surface area (TPSA) is 34.3 Å². The summed E-state index contributed by atoms with van der Waals surface area (Å²) >= 11 is 3.44. The van der Waals surface area contributed by atoms with Gasteiger partial charge in [-0.1, -0.05) is 38.5 Å². The molecule has 2 aliphatic carbocycles. The normalized spacial score (nSPS) is 35.0. The molecule has 3 nitrogen and oxygen atoms in total. The van der Waals surface area contributed by atoms with E-state index in [9.17, 15) is 0 Å². The van der Waals surface area contributed by atoms with Crippen molar-refractivity contribution in [3.63, 3.8) is 0 Å². The van der Waals surface area contributed by atoms with Gasteiger partial charge in [0, 0.05) is 24.1 Å². The first kappa shape index (κ1) is 17.0. The largest absolute Gasteiger partial charge is 0.372 e. The van der Waals surface area contributed by atoms with E-state index >= 15 is 0 Å². The molecule has 0 radical (unpaired) electrons. The third-order valence-corrected chi connectivity index (χ3v) is 8.43. The molecule has 4 atom stereocenters. The van der Waals surface area contributed by atoms with Gasteiger partial charge in [0.2, 0.25) is 0 Å². The fourth-order valence-corrected chi connectivity index (χ4v) is 6.75. The average Bonchev–Trinajstić information content (AvgIpc) is 3.49. The molecule has 0 spiro atoms. The number of hydrogen-bond acceptors (Lipinski definition) is 5. The molecule has 0 aromatic carbocycles. The van der Waals surface area contributed by atoms with Crippen molar-refractivity contribution in [1.82, 2.24) is 0 Å². The van der Waals surface area contributed by atoms with Crippen molar-refractivity contribution in [2.75, 3.05) is 13.2 Å². The maximum atomic E-state index is 6.14. The zero-order valence-electron chi connectivity index (χ0n) is 14.0. The maximum Gasteiger partial charge on any atom is 0.0953 e. The first-order valence-electron chi connectivity index (χ1n) is 9.64. The van der Waals surface area contributed by atoms with Crippen LogP contribution in [0.4, 0.5) is 0 Å². The van der Waals surface area contributed by atoms with E-state index < -0.39 is 0 Å². The van der Waals surface area contributed by atoms with E-state index in [0.717, 1.165) is 25.0 Å². The summed E-state index contributed by atoms with van der Waals surface area (Å²) in [6.07, 6.45) is 14.8. The van der Waals surface area contributed by atoms with Crippen LogP contribution >= 0.6 is 24.1 Å². The molecule has 132 valence electrons. The summed E-state index contributed by atoms with van der Waals surface area (Å²) in [5, 5.41) is 1.10. The highest BCUT2D eigenvalue weighted by Crippen LogP contribution is 2.44. The molecule has 4 unspecified atom stereocenters. The van der Waals surface area contributed by atoms with Crippen LogP contribution in [-0.2, 0) is 13.1 Å². The SMILES string of the molecule is C1CCC(C(SOSC(C2CCCCC2)C2CO2)C2CO2)CC1. The molecule has 2 heterocycles. The van der Waals surface area contributed by atoms with E-state index in [1.165, 1.54) is 64.2 Å². The minimum absolute atomic E-state index is 0.453. The number of hydrogen-bond donors (Lipinski definition) is 0. The third-order valence-electron chi connectivity index (χ3n) is 5.98. The van der Waals surface area contributed by atoms with Crippen molar-refractivity contribution in [3.05, 3.63) is 0 Å². The second-order valence-electron chi connectivity index (χ2n) is 7.73. The van der Waals surface area contributed by atoms with E-state index in [-0.39, 0.29) is 0 Å². The van der Waals surface area contributed by atoms with Crippen LogP contribution in [0.1, 0.15) is 64.2 Å². The van der Waals surface area contributed by atoms with Crippen LogP contribution < -0.4 is 0 Å². The Morgan fingerprint density at radius 3 is 1.39 bits per heavy atom. The van der Waals surface area contributed by atoms with Gasteiger partial charge in [-0.3, -0.25) is 0 Å². The molecule has 4 rings (SSSR count). The Morgan fingerprint density at radius 1 is 0.652 bits per heavy atom.